The summed E-state index contributed by atoms with van der Waals surface area (Å²) in [5.41, 5.74) is 5.96. The smallest absolute Gasteiger partial charge is 0.0235 e. The van der Waals surface area contributed by atoms with Gasteiger partial charge in [0.15, 0.2) is 0 Å². The first-order valence-electron chi connectivity index (χ1n) is 7.00. The SMILES string of the molecule is CSCCCN1CCC(N2CCC(N)CC2)C1. The van der Waals surface area contributed by atoms with E-state index in [1.807, 2.05) is 11.8 Å². The highest BCUT2D eigenvalue weighted by molar-refractivity contribution is 7.98. The fraction of sp³-hybridized carbons (Fsp3) is 1.00. The van der Waals surface area contributed by atoms with Crippen LogP contribution in [-0.4, -0.2) is 66.6 Å². The summed E-state index contributed by atoms with van der Waals surface area (Å²) in [4.78, 5) is 5.33. The number of nitrogens with two attached hydrogens (primary N) is 1. The van der Waals surface area contributed by atoms with Crippen molar-refractivity contribution in [2.45, 2.75) is 37.8 Å². The zero-order valence-corrected chi connectivity index (χ0v) is 11.9. The van der Waals surface area contributed by atoms with Crippen LogP contribution >= 0.6 is 11.8 Å². The molecule has 0 saturated carbocycles. The molecule has 0 amide bonds. The average molecular weight is 257 g/mol. The predicted octanol–water partition coefficient (Wildman–Crippen LogP) is 1.24. The minimum absolute atomic E-state index is 0.463. The van der Waals surface area contributed by atoms with E-state index in [9.17, 15) is 0 Å². The van der Waals surface area contributed by atoms with E-state index in [0.717, 1.165) is 6.04 Å². The maximum atomic E-state index is 5.96. The summed E-state index contributed by atoms with van der Waals surface area (Å²) in [6.07, 6.45) is 7.31. The molecule has 0 aromatic rings. The fourth-order valence-corrected chi connectivity index (χ4v) is 3.45. The maximum Gasteiger partial charge on any atom is 0.0235 e. The molecule has 0 spiro atoms. The van der Waals surface area contributed by atoms with Crippen LogP contribution in [0.4, 0.5) is 0 Å². The van der Waals surface area contributed by atoms with Crippen LogP contribution in [0.3, 0.4) is 0 Å². The summed E-state index contributed by atoms with van der Waals surface area (Å²) in [6.45, 7) is 6.35. The summed E-state index contributed by atoms with van der Waals surface area (Å²) in [5.74, 6) is 1.31. The molecular formula is C13H27N3S. The minimum Gasteiger partial charge on any atom is -0.328 e. The topological polar surface area (TPSA) is 32.5 Å². The van der Waals surface area contributed by atoms with Crippen molar-refractivity contribution in [2.75, 3.05) is 44.7 Å². The largest absolute Gasteiger partial charge is 0.328 e. The Morgan fingerprint density at radius 2 is 1.94 bits per heavy atom. The Labute approximate surface area is 110 Å². The highest BCUT2D eigenvalue weighted by Crippen LogP contribution is 2.20. The lowest BCUT2D eigenvalue weighted by molar-refractivity contribution is 0.152. The van der Waals surface area contributed by atoms with E-state index in [1.165, 1.54) is 64.2 Å². The molecule has 2 rings (SSSR count). The molecule has 4 heteroatoms. The van der Waals surface area contributed by atoms with Gasteiger partial charge in [-0.05, 0) is 63.9 Å². The molecule has 0 aromatic carbocycles. The first-order chi connectivity index (χ1) is 8.29. The zero-order valence-electron chi connectivity index (χ0n) is 11.1. The summed E-state index contributed by atoms with van der Waals surface area (Å²) >= 11 is 1.96. The van der Waals surface area contributed by atoms with Gasteiger partial charge >= 0.3 is 0 Å². The molecule has 100 valence electrons. The van der Waals surface area contributed by atoms with Gasteiger partial charge in [0.1, 0.15) is 0 Å². The molecule has 0 bridgehead atoms. The fourth-order valence-electron chi connectivity index (χ4n) is 3.03. The molecule has 1 unspecified atom stereocenters. The standard InChI is InChI=1S/C13H27N3S/c1-17-10-2-6-15-7-5-13(11-15)16-8-3-12(14)4-9-16/h12-13H,2-11,14H2,1H3. The second-order valence-electron chi connectivity index (χ2n) is 5.46. The molecule has 2 fully saturated rings. The zero-order chi connectivity index (χ0) is 12.1. The highest BCUT2D eigenvalue weighted by atomic mass is 32.2. The van der Waals surface area contributed by atoms with E-state index in [-0.39, 0.29) is 0 Å². The lowest BCUT2D eigenvalue weighted by Gasteiger charge is -2.34. The molecule has 2 heterocycles. The van der Waals surface area contributed by atoms with Crippen molar-refractivity contribution in [3.8, 4) is 0 Å². The number of nitrogens with zero attached hydrogens (tertiary/aromatic N) is 2. The number of likely N-dealkylation sites (tertiary alicyclic amines) is 2. The number of thioether (sulfide) groups is 1. The number of piperidine rings is 1. The number of hydrogen-bond acceptors (Lipinski definition) is 4. The predicted molar refractivity (Wildman–Crippen MR) is 76.6 cm³/mol. The van der Waals surface area contributed by atoms with E-state index in [1.54, 1.807) is 0 Å². The van der Waals surface area contributed by atoms with Gasteiger partial charge in [-0.2, -0.15) is 11.8 Å². The van der Waals surface area contributed by atoms with E-state index in [0.29, 0.717) is 6.04 Å². The van der Waals surface area contributed by atoms with E-state index >= 15 is 0 Å². The van der Waals surface area contributed by atoms with Crippen LogP contribution < -0.4 is 5.73 Å². The van der Waals surface area contributed by atoms with Crippen LogP contribution in [-0.2, 0) is 0 Å². The minimum atomic E-state index is 0.463. The molecule has 2 N–H and O–H groups in total. The van der Waals surface area contributed by atoms with Gasteiger partial charge in [-0.25, -0.2) is 0 Å². The van der Waals surface area contributed by atoms with Crippen molar-refractivity contribution >= 4 is 11.8 Å². The quantitative estimate of drug-likeness (QED) is 0.751. The molecule has 0 aliphatic carbocycles. The number of hydrogen-bond donors (Lipinski definition) is 1. The molecule has 1 atom stereocenters. The highest BCUT2D eigenvalue weighted by Gasteiger charge is 2.29. The molecule has 2 aliphatic heterocycles. The Kier molecular flexibility index (Phi) is 5.60. The summed E-state index contributed by atoms with van der Waals surface area (Å²) in [7, 11) is 0. The molecular weight excluding hydrogens is 230 g/mol. The van der Waals surface area contributed by atoms with Crippen LogP contribution in [0.15, 0.2) is 0 Å². The van der Waals surface area contributed by atoms with E-state index < -0.39 is 0 Å². The molecule has 2 aliphatic rings. The van der Waals surface area contributed by atoms with Gasteiger partial charge in [-0.3, -0.25) is 4.90 Å². The normalized spacial score (nSPS) is 28.9. The summed E-state index contributed by atoms with van der Waals surface area (Å²) < 4.78 is 0. The molecule has 2 saturated heterocycles. The van der Waals surface area contributed by atoms with Gasteiger partial charge in [0.05, 0.1) is 0 Å². The lowest BCUT2D eigenvalue weighted by Crippen LogP contribution is -2.46. The van der Waals surface area contributed by atoms with Crippen LogP contribution in [0.25, 0.3) is 0 Å². The van der Waals surface area contributed by atoms with Gasteiger partial charge < -0.3 is 10.6 Å². The summed E-state index contributed by atoms with van der Waals surface area (Å²) in [6, 6.07) is 1.28. The second kappa shape index (κ2) is 6.98. The van der Waals surface area contributed by atoms with Crippen LogP contribution in [0.2, 0.25) is 0 Å². The Bertz CT molecular complexity index is 217. The summed E-state index contributed by atoms with van der Waals surface area (Å²) in [5, 5.41) is 0. The van der Waals surface area contributed by atoms with Gasteiger partial charge in [0.2, 0.25) is 0 Å². The van der Waals surface area contributed by atoms with Crippen molar-refractivity contribution < 1.29 is 0 Å². The Morgan fingerprint density at radius 3 is 2.65 bits per heavy atom. The molecule has 17 heavy (non-hydrogen) atoms. The third kappa shape index (κ3) is 4.12. The van der Waals surface area contributed by atoms with Gasteiger partial charge in [0, 0.05) is 18.6 Å². The van der Waals surface area contributed by atoms with E-state index in [4.69, 9.17) is 5.73 Å². The van der Waals surface area contributed by atoms with Crippen LogP contribution in [0.1, 0.15) is 25.7 Å². The molecule has 0 aromatic heterocycles. The van der Waals surface area contributed by atoms with Crippen molar-refractivity contribution in [1.29, 1.82) is 0 Å². The first-order valence-corrected chi connectivity index (χ1v) is 8.40. The molecule has 3 nitrogen and oxygen atoms in total. The van der Waals surface area contributed by atoms with Crippen LogP contribution in [0.5, 0.6) is 0 Å². The third-order valence-electron chi connectivity index (χ3n) is 4.16. The van der Waals surface area contributed by atoms with Crippen molar-refractivity contribution in [2.24, 2.45) is 5.73 Å². The monoisotopic (exact) mass is 257 g/mol. The second-order valence-corrected chi connectivity index (χ2v) is 6.45. The Morgan fingerprint density at radius 1 is 1.18 bits per heavy atom. The van der Waals surface area contributed by atoms with Crippen LogP contribution in [0, 0.1) is 0 Å². The lowest BCUT2D eigenvalue weighted by atomic mass is 10.0. The molecule has 0 radical (unpaired) electrons. The van der Waals surface area contributed by atoms with Gasteiger partial charge in [0.25, 0.3) is 0 Å². The average Bonchev–Trinajstić information content (AvgIpc) is 2.79. The first kappa shape index (κ1) is 13.7. The van der Waals surface area contributed by atoms with Gasteiger partial charge in [-0.15, -0.1) is 0 Å². The Hall–Kier alpha value is 0.230. The Balaban J connectivity index is 1.66. The van der Waals surface area contributed by atoms with Crippen molar-refractivity contribution in [3.05, 3.63) is 0 Å². The van der Waals surface area contributed by atoms with Gasteiger partial charge in [-0.1, -0.05) is 0 Å². The number of rotatable bonds is 5. The maximum absolute atomic E-state index is 5.96. The van der Waals surface area contributed by atoms with Crippen molar-refractivity contribution in [1.82, 2.24) is 9.80 Å². The third-order valence-corrected chi connectivity index (χ3v) is 4.86. The van der Waals surface area contributed by atoms with E-state index in [2.05, 4.69) is 16.1 Å². The van der Waals surface area contributed by atoms with Crippen molar-refractivity contribution in [3.63, 3.8) is 0 Å².